The molecule has 0 radical (unpaired) electrons. The fourth-order valence-electron chi connectivity index (χ4n) is 2.25. The van der Waals surface area contributed by atoms with Crippen LogP contribution in [0.5, 0.6) is 0 Å². The molecule has 0 aliphatic heterocycles. The minimum Gasteiger partial charge on any atom is -0.350 e. The Kier molecular flexibility index (Phi) is 5.01. The van der Waals surface area contributed by atoms with Crippen molar-refractivity contribution in [2.24, 2.45) is 7.05 Å². The highest BCUT2D eigenvalue weighted by Crippen LogP contribution is 2.22. The van der Waals surface area contributed by atoms with Gasteiger partial charge in [-0.1, -0.05) is 30.0 Å². The number of fused-ring (bicyclic) bond motifs is 1. The smallest absolute Gasteiger partial charge is 0.261 e. The van der Waals surface area contributed by atoms with Crippen LogP contribution in [0.3, 0.4) is 0 Å². The summed E-state index contributed by atoms with van der Waals surface area (Å²) in [5.41, 5.74) is 0.545. The van der Waals surface area contributed by atoms with Crippen LogP contribution in [0.4, 0.5) is 0 Å². The average Bonchev–Trinajstić information content (AvgIpc) is 3.10. The van der Waals surface area contributed by atoms with Crippen LogP contribution in [0.15, 0.2) is 51.7 Å². The number of carbonyl (C=O) groups is 1. The van der Waals surface area contributed by atoms with Crippen molar-refractivity contribution in [3.8, 4) is 0 Å². The van der Waals surface area contributed by atoms with Crippen molar-refractivity contribution in [3.63, 3.8) is 0 Å². The van der Waals surface area contributed by atoms with Gasteiger partial charge < -0.3 is 5.32 Å². The number of aromatic nitrogens is 2. The maximum absolute atomic E-state index is 12.4. The lowest BCUT2D eigenvalue weighted by Crippen LogP contribution is -2.31. The molecule has 7 heteroatoms. The molecule has 0 saturated carbocycles. The Hall–Kier alpha value is -2.12. The standard InChI is InChI=1S/C17H17N3O2S2/c1-11(15(21)18-10-12-6-5-9-23-12)24-17-19-14-8-4-3-7-13(14)16(22)20(17)2/h3-9,11H,10H2,1-2H3,(H,18,21). The van der Waals surface area contributed by atoms with Crippen LogP contribution in [0, 0.1) is 0 Å². The number of nitrogens with one attached hydrogen (secondary N) is 1. The highest BCUT2D eigenvalue weighted by atomic mass is 32.2. The van der Waals surface area contributed by atoms with E-state index in [2.05, 4.69) is 10.3 Å². The predicted molar refractivity (Wildman–Crippen MR) is 98.5 cm³/mol. The molecule has 3 aromatic rings. The Morgan fingerprint density at radius 3 is 2.88 bits per heavy atom. The van der Waals surface area contributed by atoms with E-state index in [1.807, 2.05) is 42.6 Å². The molecule has 0 aliphatic carbocycles. The summed E-state index contributed by atoms with van der Waals surface area (Å²) in [4.78, 5) is 30.3. The number of thiophene rings is 1. The number of amides is 1. The molecule has 0 spiro atoms. The van der Waals surface area contributed by atoms with Crippen molar-refractivity contribution in [2.45, 2.75) is 23.9 Å². The van der Waals surface area contributed by atoms with Crippen molar-refractivity contribution in [1.82, 2.24) is 14.9 Å². The maximum atomic E-state index is 12.4. The SMILES string of the molecule is CC(Sc1nc2ccccc2c(=O)n1C)C(=O)NCc1cccs1. The Balaban J connectivity index is 1.75. The lowest BCUT2D eigenvalue weighted by Gasteiger charge is -2.13. The molecule has 1 atom stereocenters. The number of nitrogens with zero attached hydrogens (tertiary/aromatic N) is 2. The lowest BCUT2D eigenvalue weighted by molar-refractivity contribution is -0.120. The summed E-state index contributed by atoms with van der Waals surface area (Å²) in [6.45, 7) is 2.33. The topological polar surface area (TPSA) is 64.0 Å². The largest absolute Gasteiger partial charge is 0.350 e. The Morgan fingerprint density at radius 1 is 1.33 bits per heavy atom. The normalized spacial score (nSPS) is 12.2. The Bertz CT molecular complexity index is 919. The predicted octanol–water partition coefficient (Wildman–Crippen LogP) is 2.79. The van der Waals surface area contributed by atoms with Crippen LogP contribution in [0.2, 0.25) is 0 Å². The van der Waals surface area contributed by atoms with Crippen molar-refractivity contribution in [3.05, 3.63) is 57.0 Å². The molecule has 1 unspecified atom stereocenters. The van der Waals surface area contributed by atoms with E-state index >= 15 is 0 Å². The molecule has 124 valence electrons. The molecule has 0 bridgehead atoms. The molecule has 24 heavy (non-hydrogen) atoms. The Morgan fingerprint density at radius 2 is 2.12 bits per heavy atom. The summed E-state index contributed by atoms with van der Waals surface area (Å²) in [7, 11) is 1.68. The van der Waals surface area contributed by atoms with Gasteiger partial charge in [0.1, 0.15) is 0 Å². The van der Waals surface area contributed by atoms with Gasteiger partial charge in [0.05, 0.1) is 22.7 Å². The van der Waals surface area contributed by atoms with Crippen LogP contribution in [0.1, 0.15) is 11.8 Å². The minimum absolute atomic E-state index is 0.0733. The zero-order valence-electron chi connectivity index (χ0n) is 13.4. The number of hydrogen-bond acceptors (Lipinski definition) is 5. The molecule has 1 aromatic carbocycles. The van der Waals surface area contributed by atoms with Gasteiger partial charge in [0.25, 0.3) is 5.56 Å². The first-order valence-electron chi connectivity index (χ1n) is 7.49. The van der Waals surface area contributed by atoms with E-state index in [0.29, 0.717) is 22.6 Å². The van der Waals surface area contributed by atoms with Crippen molar-refractivity contribution < 1.29 is 4.79 Å². The summed E-state index contributed by atoms with van der Waals surface area (Å²) in [5.74, 6) is -0.0733. The second kappa shape index (κ2) is 7.19. The van der Waals surface area contributed by atoms with Gasteiger partial charge in [-0.05, 0) is 30.5 Å². The number of carbonyl (C=O) groups excluding carboxylic acids is 1. The highest BCUT2D eigenvalue weighted by molar-refractivity contribution is 8.00. The first-order valence-corrected chi connectivity index (χ1v) is 9.24. The van der Waals surface area contributed by atoms with Gasteiger partial charge in [-0.15, -0.1) is 11.3 Å². The van der Waals surface area contributed by atoms with Crippen molar-refractivity contribution in [2.75, 3.05) is 0 Å². The number of rotatable bonds is 5. The van der Waals surface area contributed by atoms with Crippen molar-refractivity contribution in [1.29, 1.82) is 0 Å². The van der Waals surface area contributed by atoms with Gasteiger partial charge in [0.2, 0.25) is 5.91 Å². The molecule has 5 nitrogen and oxygen atoms in total. The zero-order chi connectivity index (χ0) is 17.1. The lowest BCUT2D eigenvalue weighted by atomic mass is 10.2. The molecule has 0 fully saturated rings. The molecule has 1 amide bonds. The average molecular weight is 359 g/mol. The first kappa shape index (κ1) is 16.7. The number of thioether (sulfide) groups is 1. The van der Waals surface area contributed by atoms with Gasteiger partial charge >= 0.3 is 0 Å². The van der Waals surface area contributed by atoms with E-state index in [0.717, 1.165) is 4.88 Å². The molecular formula is C17H17N3O2S2. The van der Waals surface area contributed by atoms with Crippen LogP contribution < -0.4 is 10.9 Å². The van der Waals surface area contributed by atoms with E-state index in [-0.39, 0.29) is 16.7 Å². The summed E-state index contributed by atoms with van der Waals surface area (Å²) in [6.07, 6.45) is 0. The molecule has 3 rings (SSSR count). The van der Waals surface area contributed by atoms with Gasteiger partial charge in [-0.3, -0.25) is 14.2 Å². The zero-order valence-corrected chi connectivity index (χ0v) is 15.0. The molecule has 2 heterocycles. The second-order valence-electron chi connectivity index (χ2n) is 5.33. The third-order valence-electron chi connectivity index (χ3n) is 3.61. The monoisotopic (exact) mass is 359 g/mol. The number of benzene rings is 1. The minimum atomic E-state index is -0.343. The van der Waals surface area contributed by atoms with Crippen LogP contribution in [-0.2, 0) is 18.4 Å². The Labute approximate surface area is 147 Å². The van der Waals surface area contributed by atoms with E-state index in [4.69, 9.17) is 0 Å². The third kappa shape index (κ3) is 3.52. The van der Waals surface area contributed by atoms with Gasteiger partial charge in [-0.25, -0.2) is 4.98 Å². The third-order valence-corrected chi connectivity index (χ3v) is 5.63. The highest BCUT2D eigenvalue weighted by Gasteiger charge is 2.18. The summed E-state index contributed by atoms with van der Waals surface area (Å²) >= 11 is 2.89. The summed E-state index contributed by atoms with van der Waals surface area (Å²) < 4.78 is 1.50. The van der Waals surface area contributed by atoms with Crippen LogP contribution in [0.25, 0.3) is 10.9 Å². The van der Waals surface area contributed by atoms with E-state index in [1.165, 1.54) is 16.3 Å². The fraction of sp³-hybridized carbons (Fsp3) is 0.235. The van der Waals surface area contributed by atoms with Gasteiger partial charge in [0.15, 0.2) is 5.16 Å². The van der Waals surface area contributed by atoms with E-state index < -0.39 is 0 Å². The van der Waals surface area contributed by atoms with Crippen molar-refractivity contribution >= 4 is 39.9 Å². The molecule has 1 N–H and O–H groups in total. The van der Waals surface area contributed by atoms with Crippen LogP contribution in [-0.4, -0.2) is 20.7 Å². The second-order valence-corrected chi connectivity index (χ2v) is 7.67. The van der Waals surface area contributed by atoms with Crippen LogP contribution >= 0.6 is 23.1 Å². The first-order chi connectivity index (χ1) is 11.6. The quantitative estimate of drug-likeness (QED) is 0.562. The number of hydrogen-bond donors (Lipinski definition) is 1. The van der Waals surface area contributed by atoms with E-state index in [9.17, 15) is 9.59 Å². The maximum Gasteiger partial charge on any atom is 0.261 e. The molecule has 2 aromatic heterocycles. The van der Waals surface area contributed by atoms with Gasteiger partial charge in [0, 0.05) is 11.9 Å². The molecule has 0 aliphatic rings. The molecule has 0 saturated heterocycles. The van der Waals surface area contributed by atoms with Gasteiger partial charge in [-0.2, -0.15) is 0 Å². The fourth-order valence-corrected chi connectivity index (χ4v) is 3.79. The van der Waals surface area contributed by atoms with E-state index in [1.54, 1.807) is 24.5 Å². The summed E-state index contributed by atoms with van der Waals surface area (Å²) in [5, 5.41) is 5.67. The molecular weight excluding hydrogens is 342 g/mol. The summed E-state index contributed by atoms with van der Waals surface area (Å²) in [6, 6.07) is 11.2. The number of para-hydroxylation sites is 1.